The summed E-state index contributed by atoms with van der Waals surface area (Å²) < 4.78 is 5.79. The molecule has 1 saturated heterocycles. The van der Waals surface area contributed by atoms with Crippen LogP contribution in [0.25, 0.3) is 0 Å². The van der Waals surface area contributed by atoms with E-state index in [0.29, 0.717) is 0 Å². The Bertz CT molecular complexity index is 404. The molecule has 0 amide bonds. The Morgan fingerprint density at radius 1 is 1.25 bits per heavy atom. The minimum atomic E-state index is 0.242. The van der Waals surface area contributed by atoms with Crippen LogP contribution in [0.2, 0.25) is 0 Å². The van der Waals surface area contributed by atoms with Crippen LogP contribution >= 0.6 is 0 Å². The number of morpholine rings is 1. The summed E-state index contributed by atoms with van der Waals surface area (Å²) in [6.45, 7) is 11.1. The molecule has 5 nitrogen and oxygen atoms in total. The normalized spacial score (nSPS) is 22.9. The first-order chi connectivity index (χ1) is 9.62. The maximum atomic E-state index is 5.79. The van der Waals surface area contributed by atoms with Gasteiger partial charge in [0.15, 0.2) is 0 Å². The van der Waals surface area contributed by atoms with Gasteiger partial charge in [-0.25, -0.2) is 9.97 Å². The van der Waals surface area contributed by atoms with Crippen molar-refractivity contribution in [1.29, 1.82) is 0 Å². The first-order valence-corrected chi connectivity index (χ1v) is 7.64. The molecule has 1 aliphatic heterocycles. The van der Waals surface area contributed by atoms with Gasteiger partial charge in [0, 0.05) is 32.1 Å². The molecular weight excluding hydrogens is 252 g/mol. The summed E-state index contributed by atoms with van der Waals surface area (Å²) in [6.07, 6.45) is 2.46. The first kappa shape index (κ1) is 15.0. The minimum Gasteiger partial charge on any atom is -0.372 e. The molecule has 20 heavy (non-hydrogen) atoms. The molecule has 2 rings (SSSR count). The van der Waals surface area contributed by atoms with E-state index in [0.717, 1.165) is 49.9 Å². The summed E-state index contributed by atoms with van der Waals surface area (Å²) in [5.74, 6) is 2.86. The fraction of sp³-hybridized carbons (Fsp3) is 0.733. The molecule has 1 aromatic rings. The number of rotatable bonds is 5. The molecule has 0 aliphatic carbocycles. The second-order valence-corrected chi connectivity index (χ2v) is 5.47. The lowest BCUT2D eigenvalue weighted by molar-refractivity contribution is -0.00547. The lowest BCUT2D eigenvalue weighted by Crippen LogP contribution is -2.46. The molecule has 112 valence electrons. The van der Waals surface area contributed by atoms with Crippen LogP contribution in [0.5, 0.6) is 0 Å². The molecule has 2 atom stereocenters. The molecule has 2 heterocycles. The summed E-state index contributed by atoms with van der Waals surface area (Å²) in [6, 6.07) is 2.05. The molecule has 0 spiro atoms. The molecule has 0 aromatic carbocycles. The fourth-order valence-electron chi connectivity index (χ4n) is 2.62. The van der Waals surface area contributed by atoms with E-state index in [4.69, 9.17) is 9.72 Å². The summed E-state index contributed by atoms with van der Waals surface area (Å²) in [7, 11) is 0. The van der Waals surface area contributed by atoms with Crippen LogP contribution in [0.3, 0.4) is 0 Å². The van der Waals surface area contributed by atoms with Gasteiger partial charge in [-0.1, -0.05) is 6.92 Å². The van der Waals surface area contributed by atoms with Gasteiger partial charge in [-0.05, 0) is 27.2 Å². The maximum Gasteiger partial charge on any atom is 0.134 e. The summed E-state index contributed by atoms with van der Waals surface area (Å²) in [5, 5.41) is 3.30. The van der Waals surface area contributed by atoms with Gasteiger partial charge >= 0.3 is 0 Å². The smallest absolute Gasteiger partial charge is 0.134 e. The van der Waals surface area contributed by atoms with Crippen molar-refractivity contribution < 1.29 is 4.74 Å². The molecule has 1 aliphatic rings. The number of nitrogens with one attached hydrogen (secondary N) is 1. The zero-order valence-electron chi connectivity index (χ0n) is 13.0. The highest BCUT2D eigenvalue weighted by molar-refractivity contribution is 5.50. The van der Waals surface area contributed by atoms with Gasteiger partial charge in [-0.15, -0.1) is 0 Å². The lowest BCUT2D eigenvalue weighted by atomic mass is 10.2. The minimum absolute atomic E-state index is 0.242. The summed E-state index contributed by atoms with van der Waals surface area (Å²) in [5.41, 5.74) is 0. The van der Waals surface area contributed by atoms with Gasteiger partial charge in [0.05, 0.1) is 12.2 Å². The molecule has 5 heteroatoms. The van der Waals surface area contributed by atoms with Gasteiger partial charge in [0.2, 0.25) is 0 Å². The molecule has 1 aromatic heterocycles. The number of aryl methyl sites for hydroxylation is 1. The van der Waals surface area contributed by atoms with Crippen LogP contribution in [0, 0.1) is 0 Å². The second-order valence-electron chi connectivity index (χ2n) is 5.47. The second kappa shape index (κ2) is 6.88. The Morgan fingerprint density at radius 2 is 1.95 bits per heavy atom. The van der Waals surface area contributed by atoms with Crippen LogP contribution in [0.4, 0.5) is 11.6 Å². The monoisotopic (exact) mass is 278 g/mol. The van der Waals surface area contributed by atoms with Crippen LogP contribution in [-0.2, 0) is 11.2 Å². The van der Waals surface area contributed by atoms with E-state index >= 15 is 0 Å². The summed E-state index contributed by atoms with van der Waals surface area (Å²) >= 11 is 0. The summed E-state index contributed by atoms with van der Waals surface area (Å²) in [4.78, 5) is 11.6. The Hall–Kier alpha value is -1.36. The maximum absolute atomic E-state index is 5.79. The third kappa shape index (κ3) is 3.82. The zero-order chi connectivity index (χ0) is 14.5. The van der Waals surface area contributed by atoms with Crippen molar-refractivity contribution >= 4 is 11.6 Å². The Kier molecular flexibility index (Phi) is 5.17. The molecule has 0 radical (unpaired) electrons. The molecule has 1 N–H and O–H groups in total. The number of anilines is 2. The highest BCUT2D eigenvalue weighted by Crippen LogP contribution is 2.21. The number of aromatic nitrogens is 2. The van der Waals surface area contributed by atoms with Crippen molar-refractivity contribution in [1.82, 2.24) is 9.97 Å². The van der Waals surface area contributed by atoms with Gasteiger partial charge in [-0.3, -0.25) is 0 Å². The SMILES string of the molecule is CCCc1nc(NCC)cc(N2CC(C)OC(C)C2)n1. The predicted molar refractivity (Wildman–Crippen MR) is 82.4 cm³/mol. The fourth-order valence-corrected chi connectivity index (χ4v) is 2.62. The third-order valence-corrected chi connectivity index (χ3v) is 3.33. The van der Waals surface area contributed by atoms with Gasteiger partial charge in [0.1, 0.15) is 17.5 Å². The van der Waals surface area contributed by atoms with Crippen molar-refractivity contribution in [3.63, 3.8) is 0 Å². The van der Waals surface area contributed by atoms with Crippen LogP contribution in [-0.4, -0.2) is 41.8 Å². The lowest BCUT2D eigenvalue weighted by Gasteiger charge is -2.36. The molecular formula is C15H26N4O. The predicted octanol–water partition coefficient (Wildman–Crippen LogP) is 2.47. The number of ether oxygens (including phenoxy) is 1. The molecule has 0 bridgehead atoms. The van der Waals surface area contributed by atoms with E-state index in [9.17, 15) is 0 Å². The van der Waals surface area contributed by atoms with Gasteiger partial charge in [0.25, 0.3) is 0 Å². The van der Waals surface area contributed by atoms with Crippen molar-refractivity contribution in [3.05, 3.63) is 11.9 Å². The third-order valence-electron chi connectivity index (χ3n) is 3.33. The number of hydrogen-bond donors (Lipinski definition) is 1. The highest BCUT2D eigenvalue weighted by atomic mass is 16.5. The van der Waals surface area contributed by atoms with E-state index in [2.05, 4.69) is 42.9 Å². The van der Waals surface area contributed by atoms with E-state index < -0.39 is 0 Å². The van der Waals surface area contributed by atoms with E-state index in [1.165, 1.54) is 0 Å². The first-order valence-electron chi connectivity index (χ1n) is 7.64. The largest absolute Gasteiger partial charge is 0.372 e. The van der Waals surface area contributed by atoms with Crippen molar-refractivity contribution in [3.8, 4) is 0 Å². The molecule has 2 unspecified atom stereocenters. The molecule has 1 fully saturated rings. The van der Waals surface area contributed by atoms with Gasteiger partial charge in [-0.2, -0.15) is 0 Å². The Labute approximate surface area is 121 Å². The zero-order valence-corrected chi connectivity index (χ0v) is 13.0. The van der Waals surface area contributed by atoms with E-state index in [-0.39, 0.29) is 12.2 Å². The van der Waals surface area contributed by atoms with Crippen molar-refractivity contribution in [2.75, 3.05) is 29.9 Å². The Balaban J connectivity index is 2.24. The van der Waals surface area contributed by atoms with Crippen LogP contribution < -0.4 is 10.2 Å². The van der Waals surface area contributed by atoms with Crippen LogP contribution in [0.15, 0.2) is 6.07 Å². The number of hydrogen-bond acceptors (Lipinski definition) is 5. The quantitative estimate of drug-likeness (QED) is 0.896. The standard InChI is InChI=1S/C15H26N4O/c1-5-7-13-17-14(16-6-2)8-15(18-13)19-9-11(3)20-12(4)10-19/h8,11-12H,5-7,9-10H2,1-4H3,(H,16,17,18). The van der Waals surface area contributed by atoms with Crippen molar-refractivity contribution in [2.45, 2.75) is 52.7 Å². The van der Waals surface area contributed by atoms with Gasteiger partial charge < -0.3 is 15.0 Å². The topological polar surface area (TPSA) is 50.3 Å². The highest BCUT2D eigenvalue weighted by Gasteiger charge is 2.23. The average molecular weight is 278 g/mol. The Morgan fingerprint density at radius 3 is 2.55 bits per heavy atom. The van der Waals surface area contributed by atoms with Crippen LogP contribution in [0.1, 0.15) is 39.9 Å². The van der Waals surface area contributed by atoms with E-state index in [1.807, 2.05) is 6.07 Å². The number of nitrogens with zero attached hydrogens (tertiary/aromatic N) is 3. The average Bonchev–Trinajstić information content (AvgIpc) is 2.38. The van der Waals surface area contributed by atoms with Crippen molar-refractivity contribution in [2.24, 2.45) is 0 Å². The molecule has 0 saturated carbocycles. The van der Waals surface area contributed by atoms with E-state index in [1.54, 1.807) is 0 Å².